The van der Waals surface area contributed by atoms with Crippen LogP contribution in [0.3, 0.4) is 0 Å². The fourth-order valence-electron chi connectivity index (χ4n) is 9.29. The lowest BCUT2D eigenvalue weighted by Gasteiger charge is -2.18. The number of fused-ring (bicyclic) bond motifs is 6. The van der Waals surface area contributed by atoms with Crippen molar-refractivity contribution in [1.82, 2.24) is 14.1 Å². The predicted octanol–water partition coefficient (Wildman–Crippen LogP) is 15.1. The Kier molecular flexibility index (Phi) is 7.85. The summed E-state index contributed by atoms with van der Waals surface area (Å²) < 4.78 is 4.86. The van der Waals surface area contributed by atoms with Crippen LogP contribution < -0.4 is 0 Å². The van der Waals surface area contributed by atoms with Gasteiger partial charge in [0.25, 0.3) is 0 Å². The fraction of sp³-hybridized carbons (Fsp3) is 0. The van der Waals surface area contributed by atoms with Gasteiger partial charge in [0.2, 0.25) is 0 Å². The minimum absolute atomic E-state index is 0.999. The first-order chi connectivity index (χ1) is 29.7. The van der Waals surface area contributed by atoms with Crippen LogP contribution in [0.15, 0.2) is 224 Å². The van der Waals surface area contributed by atoms with E-state index >= 15 is 0 Å². The van der Waals surface area contributed by atoms with Crippen molar-refractivity contribution in [2.24, 2.45) is 0 Å². The van der Waals surface area contributed by atoms with E-state index in [2.05, 4.69) is 234 Å². The van der Waals surface area contributed by atoms with Crippen LogP contribution in [0.5, 0.6) is 0 Å². The molecule has 60 heavy (non-hydrogen) atoms. The molecule has 0 aliphatic heterocycles. The van der Waals surface area contributed by atoms with Crippen LogP contribution in [0.4, 0.5) is 0 Å². The van der Waals surface area contributed by atoms with Crippen LogP contribution in [-0.2, 0) is 0 Å². The zero-order chi connectivity index (χ0) is 39.6. The molecule has 0 atom stereocenters. The van der Waals surface area contributed by atoms with E-state index in [1.807, 2.05) is 0 Å². The van der Waals surface area contributed by atoms with Gasteiger partial charge in [-0.25, -0.2) is 4.98 Å². The molecule has 0 bridgehead atoms. The van der Waals surface area contributed by atoms with E-state index in [0.29, 0.717) is 0 Å². The third-order valence-corrected chi connectivity index (χ3v) is 12.1. The number of hydrogen-bond acceptors (Lipinski definition) is 1. The Morgan fingerprint density at radius 1 is 0.300 bits per heavy atom. The van der Waals surface area contributed by atoms with Crippen molar-refractivity contribution < 1.29 is 0 Å². The van der Waals surface area contributed by atoms with E-state index in [1.54, 1.807) is 0 Å². The molecule has 0 saturated carbocycles. The standard InChI is InChI=1S/C57H37N3/c1-3-16-40(17-4-1)54-35-43-20-8-13-25-52(43)59(54)46-33-45(34-47(37-46)60-53-26-14-9-21-44(53)36-55(60)41-18-5-2-6-19-41)38-27-29-42(30-28-38)56-49-23-11-12-24-51(49)58-57-48-22-10-7-15-39(48)31-32-50(56)57/h1-37H. The third-order valence-electron chi connectivity index (χ3n) is 12.1. The number of hydrogen-bond donors (Lipinski definition) is 0. The molecule has 3 aromatic heterocycles. The van der Waals surface area contributed by atoms with E-state index in [0.717, 1.165) is 55.7 Å². The molecule has 9 aromatic carbocycles. The van der Waals surface area contributed by atoms with E-state index in [4.69, 9.17) is 4.98 Å². The molecule has 280 valence electrons. The SMILES string of the molecule is c1ccc(-c2cc3ccccc3n2-c2cc(-c3ccc(-c4c5ccccc5nc5c4ccc4ccccc45)cc3)cc(-n3c(-c4ccccc4)cc4ccccc43)c2)cc1. The van der Waals surface area contributed by atoms with Crippen molar-refractivity contribution >= 4 is 54.4 Å². The van der Waals surface area contributed by atoms with Crippen LogP contribution in [0.2, 0.25) is 0 Å². The maximum atomic E-state index is 5.22. The monoisotopic (exact) mass is 763 g/mol. The second-order valence-electron chi connectivity index (χ2n) is 15.6. The molecule has 0 unspecified atom stereocenters. The molecule has 3 nitrogen and oxygen atoms in total. The largest absolute Gasteiger partial charge is 0.309 e. The second-order valence-corrected chi connectivity index (χ2v) is 15.6. The highest BCUT2D eigenvalue weighted by Crippen LogP contribution is 2.41. The Morgan fingerprint density at radius 3 is 1.42 bits per heavy atom. The highest BCUT2D eigenvalue weighted by molar-refractivity contribution is 6.17. The highest BCUT2D eigenvalue weighted by atomic mass is 15.0. The number of nitrogens with zero attached hydrogens (tertiary/aromatic N) is 3. The van der Waals surface area contributed by atoms with Gasteiger partial charge in [0, 0.05) is 43.9 Å². The van der Waals surface area contributed by atoms with Gasteiger partial charge >= 0.3 is 0 Å². The van der Waals surface area contributed by atoms with E-state index in [-0.39, 0.29) is 0 Å². The van der Waals surface area contributed by atoms with Gasteiger partial charge in [0.1, 0.15) is 0 Å². The molecule has 0 spiro atoms. The summed E-state index contributed by atoms with van der Waals surface area (Å²) in [4.78, 5) is 5.22. The summed E-state index contributed by atoms with van der Waals surface area (Å²) in [5.41, 5.74) is 15.9. The van der Waals surface area contributed by atoms with Gasteiger partial charge < -0.3 is 9.13 Å². The first-order valence-electron chi connectivity index (χ1n) is 20.5. The molecule has 0 aliphatic carbocycles. The molecular formula is C57H37N3. The summed E-state index contributed by atoms with van der Waals surface area (Å²) >= 11 is 0. The van der Waals surface area contributed by atoms with Crippen LogP contribution >= 0.6 is 0 Å². The first kappa shape index (κ1) is 34.1. The first-order valence-corrected chi connectivity index (χ1v) is 20.5. The molecule has 3 heterocycles. The minimum Gasteiger partial charge on any atom is -0.309 e. The summed E-state index contributed by atoms with van der Waals surface area (Å²) in [5.74, 6) is 0. The van der Waals surface area contributed by atoms with Gasteiger partial charge in [0.15, 0.2) is 0 Å². The highest BCUT2D eigenvalue weighted by Gasteiger charge is 2.19. The Bertz CT molecular complexity index is 3440. The summed E-state index contributed by atoms with van der Waals surface area (Å²) in [6.07, 6.45) is 0. The Balaban J connectivity index is 1.10. The van der Waals surface area contributed by atoms with E-state index < -0.39 is 0 Å². The molecule has 12 aromatic rings. The maximum Gasteiger partial charge on any atom is 0.0794 e. The molecular weight excluding hydrogens is 727 g/mol. The number of para-hydroxylation sites is 3. The zero-order valence-electron chi connectivity index (χ0n) is 32.7. The van der Waals surface area contributed by atoms with Crippen molar-refractivity contribution in [2.75, 3.05) is 0 Å². The maximum absolute atomic E-state index is 5.22. The summed E-state index contributed by atoms with van der Waals surface area (Å²) in [5, 5.41) is 7.08. The fourth-order valence-corrected chi connectivity index (χ4v) is 9.29. The van der Waals surface area contributed by atoms with Crippen molar-refractivity contribution in [3.63, 3.8) is 0 Å². The van der Waals surface area contributed by atoms with Gasteiger partial charge in [-0.05, 0) is 81.7 Å². The summed E-state index contributed by atoms with van der Waals surface area (Å²) in [7, 11) is 0. The number of rotatable bonds is 6. The second kappa shape index (κ2) is 13.8. The zero-order valence-corrected chi connectivity index (χ0v) is 32.7. The Morgan fingerprint density at radius 2 is 0.800 bits per heavy atom. The van der Waals surface area contributed by atoms with Gasteiger partial charge in [0.05, 0.1) is 33.5 Å². The van der Waals surface area contributed by atoms with Crippen LogP contribution in [0, 0.1) is 0 Å². The molecule has 0 N–H and O–H groups in total. The van der Waals surface area contributed by atoms with Crippen molar-refractivity contribution in [3.8, 4) is 56.1 Å². The Hall–Kier alpha value is -8.01. The topological polar surface area (TPSA) is 22.8 Å². The summed E-state index contributed by atoms with van der Waals surface area (Å²) in [6.45, 7) is 0. The van der Waals surface area contributed by atoms with Crippen LogP contribution in [-0.4, -0.2) is 14.1 Å². The molecule has 0 saturated heterocycles. The lowest BCUT2D eigenvalue weighted by molar-refractivity contribution is 1.09. The average molecular weight is 764 g/mol. The predicted molar refractivity (Wildman–Crippen MR) is 252 cm³/mol. The van der Waals surface area contributed by atoms with Crippen LogP contribution in [0.25, 0.3) is 111 Å². The third kappa shape index (κ3) is 5.55. The number of benzene rings is 9. The molecule has 0 aliphatic rings. The molecule has 0 radical (unpaired) electrons. The van der Waals surface area contributed by atoms with Crippen LogP contribution in [0.1, 0.15) is 0 Å². The van der Waals surface area contributed by atoms with Crippen molar-refractivity contribution in [1.29, 1.82) is 0 Å². The lowest BCUT2D eigenvalue weighted by atomic mass is 9.93. The molecule has 12 rings (SSSR count). The molecule has 0 amide bonds. The summed E-state index contributed by atoms with van der Waals surface area (Å²) in [6, 6.07) is 81.3. The number of aromatic nitrogens is 3. The smallest absolute Gasteiger partial charge is 0.0794 e. The van der Waals surface area contributed by atoms with E-state index in [1.165, 1.54) is 54.8 Å². The number of pyridine rings is 1. The van der Waals surface area contributed by atoms with Gasteiger partial charge in [-0.3, -0.25) is 0 Å². The van der Waals surface area contributed by atoms with Gasteiger partial charge in [-0.1, -0.05) is 176 Å². The lowest BCUT2D eigenvalue weighted by Crippen LogP contribution is -2.02. The minimum atomic E-state index is 0.999. The Labute approximate surface area is 347 Å². The molecule has 3 heteroatoms. The normalized spacial score (nSPS) is 11.7. The van der Waals surface area contributed by atoms with Gasteiger partial charge in [-0.2, -0.15) is 0 Å². The quantitative estimate of drug-likeness (QED) is 0.122. The van der Waals surface area contributed by atoms with Gasteiger partial charge in [-0.15, -0.1) is 0 Å². The van der Waals surface area contributed by atoms with Crippen molar-refractivity contribution in [2.45, 2.75) is 0 Å². The van der Waals surface area contributed by atoms with E-state index in [9.17, 15) is 0 Å². The molecule has 0 fully saturated rings. The van der Waals surface area contributed by atoms with Crippen molar-refractivity contribution in [3.05, 3.63) is 224 Å². The average Bonchev–Trinajstić information content (AvgIpc) is 3.91.